The topological polar surface area (TPSA) is 111 Å². The van der Waals surface area contributed by atoms with Crippen LogP contribution in [-0.2, 0) is 27.9 Å². The Balaban J connectivity index is 5.17. The molecule has 0 fully saturated rings. The van der Waals surface area contributed by atoms with Crippen LogP contribution in [0.15, 0.2) is 109 Å². The predicted molar refractivity (Wildman–Crippen MR) is 350 cm³/mol. The van der Waals surface area contributed by atoms with Crippen LogP contribution in [0.5, 0.6) is 0 Å². The minimum absolute atomic E-state index is 0.0223. The standard InChI is InChI=1S/C71H125N2O7P/c1-7-10-13-16-19-22-25-27-29-31-33-34-35-36-37-38-40-42-44-46-49-52-55-58-61-64-71(75)80-69(62-59-56-53-50-47-24-21-18-15-12-9-3)68(67-79-81(76,77)78-66-65-73(4,5)6)72-70(74)63-60-57-54-51-48-45-43-41-39-32-30-28-26-23-20-17-14-11-8-2/h11,14,19-20,22-23,27-30,39,41,45,48,54,57,59,62,68-69H,7-10,12-13,15-18,21,24-26,31-38,40,42-44,46-47,49-53,55-56,58,60-61,63-67H2,1-6H3,(H-,72,74,76,77)/p+1/b14-11-,22-19-,23-20-,29-27-,30-28-,41-39-,48-45-,57-54-,62-59-. The van der Waals surface area contributed by atoms with Gasteiger partial charge < -0.3 is 19.4 Å². The first-order valence-corrected chi connectivity index (χ1v) is 34.7. The number of phosphoric ester groups is 1. The predicted octanol–water partition coefficient (Wildman–Crippen LogP) is 20.9. The molecule has 0 aromatic heterocycles. The summed E-state index contributed by atoms with van der Waals surface area (Å²) in [5.41, 5.74) is 0. The zero-order valence-corrected chi connectivity index (χ0v) is 54.1. The fraction of sp³-hybridized carbons (Fsp3) is 0.718. The van der Waals surface area contributed by atoms with Crippen molar-refractivity contribution in [2.75, 3.05) is 40.9 Å². The third-order valence-corrected chi connectivity index (χ3v) is 15.2. The molecule has 0 bridgehead atoms. The van der Waals surface area contributed by atoms with Crippen molar-refractivity contribution in [3.05, 3.63) is 109 Å². The summed E-state index contributed by atoms with van der Waals surface area (Å²) in [6.45, 7) is 6.81. The van der Waals surface area contributed by atoms with Gasteiger partial charge in [-0.05, 0) is 102 Å². The fourth-order valence-electron chi connectivity index (χ4n) is 9.11. The number of esters is 1. The van der Waals surface area contributed by atoms with Crippen LogP contribution >= 0.6 is 7.82 Å². The van der Waals surface area contributed by atoms with Crippen molar-refractivity contribution in [2.24, 2.45) is 0 Å². The number of ether oxygens (including phenoxy) is 1. The van der Waals surface area contributed by atoms with Crippen molar-refractivity contribution in [3.63, 3.8) is 0 Å². The van der Waals surface area contributed by atoms with Gasteiger partial charge in [0.15, 0.2) is 0 Å². The van der Waals surface area contributed by atoms with Gasteiger partial charge in [0.05, 0.1) is 33.8 Å². The molecule has 0 aromatic rings. The van der Waals surface area contributed by atoms with E-state index in [0.717, 1.165) is 83.5 Å². The molecule has 0 aliphatic rings. The summed E-state index contributed by atoms with van der Waals surface area (Å²) < 4.78 is 30.7. The van der Waals surface area contributed by atoms with E-state index >= 15 is 0 Å². The molecule has 0 aromatic carbocycles. The summed E-state index contributed by atoms with van der Waals surface area (Å²) in [5.74, 6) is -0.604. The van der Waals surface area contributed by atoms with Gasteiger partial charge in [-0.25, -0.2) is 4.57 Å². The van der Waals surface area contributed by atoms with Crippen molar-refractivity contribution < 1.29 is 37.3 Å². The SMILES string of the molecule is CC/C=C\C/C=C\C/C=C\C/C=C\C/C=C\C/C=C\CCC(=O)NC(COP(=O)(O)OCC[N+](C)(C)C)C(/C=C\CCCCCCCCCCC)OC(=O)CCCCCCCCCCCCCCCCC/C=C\C/C=C\CCCCC. The normalized spacial score (nSPS) is 14.3. The van der Waals surface area contributed by atoms with Crippen molar-refractivity contribution in [3.8, 4) is 0 Å². The molecule has 3 unspecified atom stereocenters. The van der Waals surface area contributed by atoms with Crippen LogP contribution in [0.1, 0.15) is 278 Å². The summed E-state index contributed by atoms with van der Waals surface area (Å²) >= 11 is 0. The molecule has 1 amide bonds. The van der Waals surface area contributed by atoms with Crippen LogP contribution < -0.4 is 5.32 Å². The molecular formula is C71H126N2O7P+. The smallest absolute Gasteiger partial charge is 0.456 e. The number of amides is 1. The highest BCUT2D eigenvalue weighted by atomic mass is 31.2. The van der Waals surface area contributed by atoms with Crippen molar-refractivity contribution in [2.45, 2.75) is 290 Å². The second kappa shape index (κ2) is 59.8. The van der Waals surface area contributed by atoms with Gasteiger partial charge >= 0.3 is 13.8 Å². The highest BCUT2D eigenvalue weighted by Crippen LogP contribution is 2.43. The van der Waals surface area contributed by atoms with Gasteiger partial charge in [0, 0.05) is 12.8 Å². The van der Waals surface area contributed by atoms with Crippen molar-refractivity contribution in [1.29, 1.82) is 0 Å². The lowest BCUT2D eigenvalue weighted by Crippen LogP contribution is -2.47. The highest BCUT2D eigenvalue weighted by molar-refractivity contribution is 7.47. The lowest BCUT2D eigenvalue weighted by Gasteiger charge is -2.27. The third kappa shape index (κ3) is 61.1. The molecule has 3 atom stereocenters. The summed E-state index contributed by atoms with van der Waals surface area (Å²) in [4.78, 5) is 37.7. The number of nitrogens with one attached hydrogen (secondary N) is 1. The van der Waals surface area contributed by atoms with Gasteiger partial charge in [0.25, 0.3) is 0 Å². The molecule has 466 valence electrons. The summed E-state index contributed by atoms with van der Waals surface area (Å²) in [7, 11) is 1.44. The van der Waals surface area contributed by atoms with Crippen molar-refractivity contribution in [1.82, 2.24) is 5.32 Å². The summed E-state index contributed by atoms with van der Waals surface area (Å²) in [6.07, 6.45) is 82.6. The van der Waals surface area contributed by atoms with E-state index in [4.69, 9.17) is 13.8 Å². The molecule has 0 saturated heterocycles. The number of hydrogen-bond acceptors (Lipinski definition) is 6. The minimum Gasteiger partial charge on any atom is -0.456 e. The van der Waals surface area contributed by atoms with Crippen molar-refractivity contribution >= 4 is 19.7 Å². The van der Waals surface area contributed by atoms with Gasteiger partial charge in [-0.1, -0.05) is 272 Å². The van der Waals surface area contributed by atoms with Crippen LogP contribution in [0, 0.1) is 0 Å². The quantitative estimate of drug-likeness (QED) is 0.0205. The Morgan fingerprint density at radius 3 is 1.23 bits per heavy atom. The summed E-state index contributed by atoms with van der Waals surface area (Å²) in [6, 6.07) is -0.895. The molecule has 0 heterocycles. The van der Waals surface area contributed by atoms with E-state index in [-0.39, 0.29) is 37.9 Å². The van der Waals surface area contributed by atoms with E-state index in [0.29, 0.717) is 17.4 Å². The molecule has 2 N–H and O–H groups in total. The molecule has 0 radical (unpaired) electrons. The number of carbonyl (C=O) groups excluding carboxylic acids is 2. The molecule has 0 rings (SSSR count). The van der Waals surface area contributed by atoms with Gasteiger partial charge in [0.2, 0.25) is 5.91 Å². The van der Waals surface area contributed by atoms with Gasteiger partial charge in [0.1, 0.15) is 19.3 Å². The molecule has 9 nitrogen and oxygen atoms in total. The number of rotatable bonds is 59. The van der Waals surface area contributed by atoms with E-state index in [2.05, 4.69) is 117 Å². The van der Waals surface area contributed by atoms with E-state index in [1.807, 2.05) is 39.4 Å². The number of allylic oxidation sites excluding steroid dienone is 17. The van der Waals surface area contributed by atoms with E-state index in [9.17, 15) is 19.0 Å². The number of quaternary nitrogens is 1. The average Bonchev–Trinajstić information content (AvgIpc) is 3.43. The Bertz CT molecular complexity index is 1750. The molecule has 81 heavy (non-hydrogen) atoms. The Morgan fingerprint density at radius 1 is 0.444 bits per heavy atom. The molecule has 0 saturated carbocycles. The van der Waals surface area contributed by atoms with Crippen LogP contribution in [0.4, 0.5) is 0 Å². The maximum absolute atomic E-state index is 13.5. The Hall–Kier alpha value is -3.33. The molecular weight excluding hydrogens is 1020 g/mol. The third-order valence-electron chi connectivity index (χ3n) is 14.2. The fourth-order valence-corrected chi connectivity index (χ4v) is 9.85. The number of carbonyl (C=O) groups is 2. The second-order valence-corrected chi connectivity index (χ2v) is 24.7. The number of nitrogens with zero attached hydrogens (tertiary/aromatic N) is 1. The van der Waals surface area contributed by atoms with Crippen LogP contribution in [0.3, 0.4) is 0 Å². The van der Waals surface area contributed by atoms with E-state index in [1.54, 1.807) is 0 Å². The van der Waals surface area contributed by atoms with E-state index < -0.39 is 20.0 Å². The van der Waals surface area contributed by atoms with Crippen LogP contribution in [0.25, 0.3) is 0 Å². The van der Waals surface area contributed by atoms with Crippen LogP contribution in [-0.4, -0.2) is 74.3 Å². The largest absolute Gasteiger partial charge is 0.472 e. The summed E-state index contributed by atoms with van der Waals surface area (Å²) in [5, 5.41) is 3.01. The van der Waals surface area contributed by atoms with Gasteiger partial charge in [-0.2, -0.15) is 0 Å². The van der Waals surface area contributed by atoms with Gasteiger partial charge in [-0.15, -0.1) is 0 Å². The highest BCUT2D eigenvalue weighted by Gasteiger charge is 2.30. The molecule has 10 heteroatoms. The average molecular weight is 1150 g/mol. The number of unbranched alkanes of at least 4 members (excludes halogenated alkanes) is 27. The molecule has 0 spiro atoms. The Morgan fingerprint density at radius 2 is 0.802 bits per heavy atom. The Kier molecular flexibility index (Phi) is 57.4. The van der Waals surface area contributed by atoms with E-state index in [1.165, 1.54) is 154 Å². The van der Waals surface area contributed by atoms with Gasteiger partial charge in [-0.3, -0.25) is 18.6 Å². The van der Waals surface area contributed by atoms with Crippen LogP contribution in [0.2, 0.25) is 0 Å². The zero-order valence-electron chi connectivity index (χ0n) is 53.2. The monoisotopic (exact) mass is 1150 g/mol. The zero-order chi connectivity index (χ0) is 59.3. The molecule has 0 aliphatic carbocycles. The first-order valence-electron chi connectivity index (χ1n) is 33.2. The first kappa shape index (κ1) is 77.7. The first-order chi connectivity index (χ1) is 39.4. The minimum atomic E-state index is -4.48. The number of hydrogen-bond donors (Lipinski definition) is 2. The number of phosphoric acid groups is 1. The lowest BCUT2D eigenvalue weighted by atomic mass is 10.0. The second-order valence-electron chi connectivity index (χ2n) is 23.3. The maximum Gasteiger partial charge on any atom is 0.472 e. The maximum atomic E-state index is 13.5. The molecule has 0 aliphatic heterocycles. The number of likely N-dealkylation sites (N-methyl/N-ethyl adjacent to an activating group) is 1. The lowest BCUT2D eigenvalue weighted by molar-refractivity contribution is -0.870. The Labute approximate surface area is 500 Å².